The number of carboxylic acid groups (broad SMARTS) is 1. The molecule has 9 nitrogen and oxygen atoms in total. The minimum absolute atomic E-state index is 0.110. The van der Waals surface area contributed by atoms with Crippen molar-refractivity contribution in [3.8, 4) is 22.6 Å². The van der Waals surface area contributed by atoms with Crippen LogP contribution < -0.4 is 20.4 Å². The van der Waals surface area contributed by atoms with Crippen LogP contribution in [0.4, 0.5) is 0 Å². The summed E-state index contributed by atoms with van der Waals surface area (Å²) in [5.41, 5.74) is 3.55. The van der Waals surface area contributed by atoms with Gasteiger partial charge in [-0.05, 0) is 53.9 Å². The summed E-state index contributed by atoms with van der Waals surface area (Å²) in [6.07, 6.45) is 1.86. The Morgan fingerprint density at radius 1 is 1.05 bits per heavy atom. The van der Waals surface area contributed by atoms with Gasteiger partial charge in [0.1, 0.15) is 23.1 Å². The van der Waals surface area contributed by atoms with Crippen molar-refractivity contribution in [2.24, 2.45) is 0 Å². The first kappa shape index (κ1) is 25.6. The highest BCUT2D eigenvalue weighted by atomic mass is 16.5. The number of carbonyl (C=O) groups excluding carboxylic acids is 1. The summed E-state index contributed by atoms with van der Waals surface area (Å²) in [4.78, 5) is 40.0. The van der Waals surface area contributed by atoms with Gasteiger partial charge in [-0.25, -0.2) is 9.59 Å². The van der Waals surface area contributed by atoms with Gasteiger partial charge >= 0.3 is 11.6 Å². The Morgan fingerprint density at radius 3 is 2.56 bits per heavy atom. The van der Waals surface area contributed by atoms with Crippen molar-refractivity contribution in [1.82, 2.24) is 10.3 Å². The van der Waals surface area contributed by atoms with Crippen LogP contribution in [0.5, 0.6) is 11.5 Å². The van der Waals surface area contributed by atoms with Crippen LogP contribution in [0.1, 0.15) is 11.1 Å². The van der Waals surface area contributed by atoms with E-state index >= 15 is 0 Å². The molecule has 0 spiro atoms. The van der Waals surface area contributed by atoms with Crippen molar-refractivity contribution in [2.45, 2.75) is 19.4 Å². The molecule has 0 saturated carbocycles. The van der Waals surface area contributed by atoms with Crippen LogP contribution in [0.25, 0.3) is 33.0 Å². The Labute approximate surface area is 223 Å². The summed E-state index contributed by atoms with van der Waals surface area (Å²) in [5.74, 6) is -0.697. The summed E-state index contributed by atoms with van der Waals surface area (Å²) >= 11 is 0. The number of aromatic amines is 1. The molecule has 3 N–H and O–H groups in total. The van der Waals surface area contributed by atoms with Crippen LogP contribution >= 0.6 is 0 Å². The number of aromatic nitrogens is 1. The lowest BCUT2D eigenvalue weighted by molar-refractivity contribution is -0.142. The quantitative estimate of drug-likeness (QED) is 0.242. The van der Waals surface area contributed by atoms with Crippen molar-refractivity contribution in [1.29, 1.82) is 0 Å². The van der Waals surface area contributed by atoms with Gasteiger partial charge in [-0.15, -0.1) is 0 Å². The highest BCUT2D eigenvalue weighted by Gasteiger charge is 2.22. The molecule has 0 aliphatic rings. The zero-order valence-electron chi connectivity index (χ0n) is 21.3. The summed E-state index contributed by atoms with van der Waals surface area (Å²) in [6, 6.07) is 18.6. The van der Waals surface area contributed by atoms with Crippen LogP contribution in [-0.4, -0.2) is 41.7 Å². The maximum atomic E-state index is 12.7. The standard InChI is InChI=1S/C30H26N2O7/c1-17-26(12-11-22-23(14-28(34)39-29(17)22)18-7-9-20(37-2)10-8-18)38-16-27(33)32-25(30(35)36)13-19-15-31-24-6-4-3-5-21(19)24/h3-12,14-15,25,31H,13,16H2,1-2H3,(H,32,33)(H,35,36). The van der Waals surface area contributed by atoms with Gasteiger partial charge < -0.3 is 29.3 Å². The number of H-pyrrole nitrogens is 1. The van der Waals surface area contributed by atoms with Gasteiger partial charge in [0.15, 0.2) is 6.61 Å². The number of aryl methyl sites for hydroxylation is 1. The minimum Gasteiger partial charge on any atom is -0.497 e. The molecular formula is C30H26N2O7. The molecule has 5 rings (SSSR count). The molecule has 9 heteroatoms. The number of benzene rings is 3. The molecule has 2 heterocycles. The van der Waals surface area contributed by atoms with Gasteiger partial charge in [0.2, 0.25) is 0 Å². The number of aliphatic carboxylic acids is 1. The molecule has 0 fully saturated rings. The number of para-hydroxylation sites is 1. The highest BCUT2D eigenvalue weighted by molar-refractivity contribution is 5.95. The second kappa shape index (κ2) is 10.7. The van der Waals surface area contributed by atoms with Gasteiger partial charge in [-0.1, -0.05) is 30.3 Å². The Kier molecular flexibility index (Phi) is 7.05. The molecule has 0 radical (unpaired) electrons. The predicted molar refractivity (Wildman–Crippen MR) is 146 cm³/mol. The highest BCUT2D eigenvalue weighted by Crippen LogP contribution is 2.33. The lowest BCUT2D eigenvalue weighted by atomic mass is 10.00. The second-order valence-electron chi connectivity index (χ2n) is 9.08. The molecule has 0 saturated heterocycles. The molecule has 5 aromatic rings. The van der Waals surface area contributed by atoms with Crippen LogP contribution in [0, 0.1) is 6.92 Å². The molecule has 1 unspecified atom stereocenters. The van der Waals surface area contributed by atoms with E-state index in [1.165, 1.54) is 6.07 Å². The van der Waals surface area contributed by atoms with E-state index in [9.17, 15) is 19.5 Å². The maximum absolute atomic E-state index is 12.7. The van der Waals surface area contributed by atoms with Crippen molar-refractivity contribution in [3.63, 3.8) is 0 Å². The molecule has 3 aromatic carbocycles. The molecular weight excluding hydrogens is 500 g/mol. The third kappa shape index (κ3) is 5.33. The molecule has 0 aliphatic heterocycles. The Bertz CT molecular complexity index is 1730. The molecule has 198 valence electrons. The summed E-state index contributed by atoms with van der Waals surface area (Å²) in [6.45, 7) is 1.32. The topological polar surface area (TPSA) is 131 Å². The third-order valence-corrected chi connectivity index (χ3v) is 6.60. The fourth-order valence-electron chi connectivity index (χ4n) is 4.61. The summed E-state index contributed by atoms with van der Waals surface area (Å²) in [7, 11) is 1.58. The number of hydrogen-bond donors (Lipinski definition) is 3. The van der Waals surface area contributed by atoms with Crippen molar-refractivity contribution in [3.05, 3.63) is 94.5 Å². The molecule has 1 amide bonds. The molecule has 39 heavy (non-hydrogen) atoms. The minimum atomic E-state index is -1.15. The zero-order valence-corrected chi connectivity index (χ0v) is 21.3. The third-order valence-electron chi connectivity index (χ3n) is 6.60. The lowest BCUT2D eigenvalue weighted by Crippen LogP contribution is -2.44. The van der Waals surface area contributed by atoms with E-state index in [1.54, 1.807) is 32.4 Å². The number of carboxylic acids is 1. The van der Waals surface area contributed by atoms with E-state index in [0.29, 0.717) is 33.6 Å². The van der Waals surface area contributed by atoms with E-state index in [1.807, 2.05) is 48.5 Å². The number of nitrogens with one attached hydrogen (secondary N) is 2. The largest absolute Gasteiger partial charge is 0.497 e. The second-order valence-corrected chi connectivity index (χ2v) is 9.08. The molecule has 1 atom stereocenters. The van der Waals surface area contributed by atoms with Gasteiger partial charge in [-0.2, -0.15) is 0 Å². The van der Waals surface area contributed by atoms with Crippen molar-refractivity contribution < 1.29 is 28.6 Å². The summed E-state index contributed by atoms with van der Waals surface area (Å²) < 4.78 is 16.4. The van der Waals surface area contributed by atoms with Gasteiger partial charge in [0.25, 0.3) is 5.91 Å². The van der Waals surface area contributed by atoms with Crippen molar-refractivity contribution in [2.75, 3.05) is 13.7 Å². The van der Waals surface area contributed by atoms with E-state index < -0.39 is 30.2 Å². The number of methoxy groups -OCH3 is 1. The van der Waals surface area contributed by atoms with Crippen molar-refractivity contribution >= 4 is 33.7 Å². The average molecular weight is 527 g/mol. The van der Waals surface area contributed by atoms with E-state index in [4.69, 9.17) is 13.9 Å². The Morgan fingerprint density at radius 2 is 1.82 bits per heavy atom. The number of ether oxygens (including phenoxy) is 2. The number of carbonyl (C=O) groups is 2. The van der Waals surface area contributed by atoms with E-state index in [0.717, 1.165) is 22.0 Å². The van der Waals surface area contributed by atoms with Crippen LogP contribution in [0.15, 0.2) is 82.1 Å². The number of rotatable bonds is 9. The number of amides is 1. The van der Waals surface area contributed by atoms with Gasteiger partial charge in [0, 0.05) is 40.5 Å². The summed E-state index contributed by atoms with van der Waals surface area (Å²) in [5, 5.41) is 13.8. The number of fused-ring (bicyclic) bond motifs is 2. The maximum Gasteiger partial charge on any atom is 0.336 e. The van der Waals surface area contributed by atoms with Gasteiger partial charge in [-0.3, -0.25) is 4.79 Å². The predicted octanol–water partition coefficient (Wildman–Crippen LogP) is 4.45. The first-order valence-corrected chi connectivity index (χ1v) is 12.3. The van der Waals surface area contributed by atoms with Crippen LogP contribution in [-0.2, 0) is 16.0 Å². The molecule has 0 bridgehead atoms. The fourth-order valence-corrected chi connectivity index (χ4v) is 4.61. The van der Waals surface area contributed by atoms with Gasteiger partial charge in [0.05, 0.1) is 7.11 Å². The monoisotopic (exact) mass is 526 g/mol. The number of hydrogen-bond acceptors (Lipinski definition) is 6. The van der Waals surface area contributed by atoms with E-state index in [2.05, 4.69) is 10.3 Å². The molecule has 0 aliphatic carbocycles. The molecule has 2 aromatic heterocycles. The fraction of sp³-hybridized carbons (Fsp3) is 0.167. The first-order chi connectivity index (χ1) is 18.8. The normalized spacial score (nSPS) is 11.8. The smallest absolute Gasteiger partial charge is 0.336 e. The van der Waals surface area contributed by atoms with E-state index in [-0.39, 0.29) is 6.42 Å². The Balaban J connectivity index is 1.32. The van der Waals surface area contributed by atoms with Crippen LogP contribution in [0.2, 0.25) is 0 Å². The zero-order chi connectivity index (χ0) is 27.5. The SMILES string of the molecule is COc1ccc(-c2cc(=O)oc3c(C)c(OCC(=O)NC(Cc4c[nH]c5ccccc45)C(=O)O)ccc23)cc1. The lowest BCUT2D eigenvalue weighted by Gasteiger charge is -2.16. The van der Waals surface area contributed by atoms with Crippen LogP contribution in [0.3, 0.4) is 0 Å². The first-order valence-electron chi connectivity index (χ1n) is 12.3. The Hall–Kier alpha value is -5.05. The average Bonchev–Trinajstić information content (AvgIpc) is 3.35.